The topological polar surface area (TPSA) is 102 Å². The second-order valence-corrected chi connectivity index (χ2v) is 8.21. The third-order valence-corrected chi connectivity index (χ3v) is 5.74. The zero-order valence-electron chi connectivity index (χ0n) is 20.0. The highest BCUT2D eigenvalue weighted by molar-refractivity contribution is 6.34. The molecule has 0 fully saturated rings. The Bertz CT molecular complexity index is 1290. The molecule has 0 bridgehead atoms. The maximum atomic E-state index is 13.0. The van der Waals surface area contributed by atoms with Crippen molar-refractivity contribution in [3.63, 3.8) is 0 Å². The molecule has 3 aromatic rings. The van der Waals surface area contributed by atoms with E-state index in [2.05, 4.69) is 5.32 Å². The first-order chi connectivity index (χ1) is 17.4. The van der Waals surface area contributed by atoms with E-state index in [1.54, 1.807) is 24.3 Å². The standard InChI is InChI=1S/C28H26N2O6/c1-3-35-22-12-10-21(11-13-22)30-26(32)23-14-9-20(17-24(23)27(30)33)28(34)36-18(2)25(31)29-16-15-19-7-5-4-6-8-19/h4-14,17-18H,3,15-16H2,1-2H3,(H,29,31). The van der Waals surface area contributed by atoms with Crippen molar-refractivity contribution in [1.29, 1.82) is 0 Å². The van der Waals surface area contributed by atoms with Gasteiger partial charge in [-0.3, -0.25) is 14.4 Å². The Hall–Kier alpha value is -4.46. The van der Waals surface area contributed by atoms with E-state index in [9.17, 15) is 19.2 Å². The third-order valence-electron chi connectivity index (χ3n) is 5.74. The van der Waals surface area contributed by atoms with Gasteiger partial charge in [0.2, 0.25) is 0 Å². The number of fused-ring (bicyclic) bond motifs is 1. The highest BCUT2D eigenvalue weighted by Gasteiger charge is 2.37. The van der Waals surface area contributed by atoms with Crippen LogP contribution in [0.3, 0.4) is 0 Å². The molecule has 0 saturated heterocycles. The number of hydrogen-bond donors (Lipinski definition) is 1. The van der Waals surface area contributed by atoms with Crippen molar-refractivity contribution in [2.75, 3.05) is 18.1 Å². The van der Waals surface area contributed by atoms with Gasteiger partial charge in [-0.1, -0.05) is 30.3 Å². The molecule has 0 aliphatic carbocycles. The van der Waals surface area contributed by atoms with Gasteiger partial charge in [0.05, 0.1) is 29.0 Å². The van der Waals surface area contributed by atoms with Gasteiger partial charge >= 0.3 is 5.97 Å². The number of nitrogens with zero attached hydrogens (tertiary/aromatic N) is 1. The van der Waals surface area contributed by atoms with Crippen LogP contribution in [0.25, 0.3) is 0 Å². The molecule has 1 unspecified atom stereocenters. The van der Waals surface area contributed by atoms with Gasteiger partial charge in [0, 0.05) is 6.54 Å². The van der Waals surface area contributed by atoms with Gasteiger partial charge in [-0.15, -0.1) is 0 Å². The summed E-state index contributed by atoms with van der Waals surface area (Å²) in [6.07, 6.45) is -0.377. The van der Waals surface area contributed by atoms with Crippen molar-refractivity contribution in [2.45, 2.75) is 26.4 Å². The van der Waals surface area contributed by atoms with Gasteiger partial charge in [0.1, 0.15) is 5.75 Å². The number of hydrogen-bond acceptors (Lipinski definition) is 6. The van der Waals surface area contributed by atoms with Gasteiger partial charge in [0.15, 0.2) is 6.10 Å². The first kappa shape index (κ1) is 24.7. The van der Waals surface area contributed by atoms with Gasteiger partial charge in [-0.25, -0.2) is 9.69 Å². The predicted octanol–water partition coefficient (Wildman–Crippen LogP) is 3.79. The zero-order valence-corrected chi connectivity index (χ0v) is 20.0. The molecule has 0 aromatic heterocycles. The van der Waals surface area contributed by atoms with Crippen LogP contribution in [0.15, 0.2) is 72.8 Å². The van der Waals surface area contributed by atoms with E-state index in [0.29, 0.717) is 31.0 Å². The van der Waals surface area contributed by atoms with E-state index in [1.807, 2.05) is 37.3 Å². The maximum absolute atomic E-state index is 13.0. The largest absolute Gasteiger partial charge is 0.494 e. The number of benzene rings is 3. The van der Waals surface area contributed by atoms with Gasteiger partial charge < -0.3 is 14.8 Å². The van der Waals surface area contributed by atoms with Crippen LogP contribution in [0, 0.1) is 0 Å². The molecule has 1 aliphatic rings. The Morgan fingerprint density at radius 3 is 2.31 bits per heavy atom. The quantitative estimate of drug-likeness (QED) is 0.365. The van der Waals surface area contributed by atoms with Crippen LogP contribution >= 0.6 is 0 Å². The molecule has 0 radical (unpaired) electrons. The number of carbonyl (C=O) groups excluding carboxylic acids is 4. The lowest BCUT2D eigenvalue weighted by molar-refractivity contribution is -0.129. The van der Waals surface area contributed by atoms with E-state index < -0.39 is 29.8 Å². The monoisotopic (exact) mass is 486 g/mol. The molecule has 8 heteroatoms. The number of rotatable bonds is 9. The fourth-order valence-corrected chi connectivity index (χ4v) is 3.86. The summed E-state index contributed by atoms with van der Waals surface area (Å²) in [5.41, 5.74) is 1.85. The minimum absolute atomic E-state index is 0.0763. The van der Waals surface area contributed by atoms with Crippen molar-refractivity contribution in [1.82, 2.24) is 5.32 Å². The predicted molar refractivity (Wildman–Crippen MR) is 133 cm³/mol. The molecule has 184 valence electrons. The first-order valence-corrected chi connectivity index (χ1v) is 11.7. The van der Waals surface area contributed by atoms with E-state index in [1.165, 1.54) is 25.1 Å². The molecule has 0 spiro atoms. The molecule has 8 nitrogen and oxygen atoms in total. The molecule has 1 heterocycles. The Morgan fingerprint density at radius 1 is 0.917 bits per heavy atom. The highest BCUT2D eigenvalue weighted by Crippen LogP contribution is 2.30. The van der Waals surface area contributed by atoms with Gasteiger partial charge in [-0.05, 0) is 68.3 Å². The number of imide groups is 1. The van der Waals surface area contributed by atoms with Crippen LogP contribution in [0.5, 0.6) is 5.75 Å². The summed E-state index contributed by atoms with van der Waals surface area (Å²) in [7, 11) is 0. The highest BCUT2D eigenvalue weighted by atomic mass is 16.5. The maximum Gasteiger partial charge on any atom is 0.338 e. The molecular weight excluding hydrogens is 460 g/mol. The number of amides is 3. The summed E-state index contributed by atoms with van der Waals surface area (Å²) < 4.78 is 10.7. The minimum Gasteiger partial charge on any atom is -0.494 e. The first-order valence-electron chi connectivity index (χ1n) is 11.7. The second kappa shape index (κ2) is 10.9. The molecular formula is C28H26N2O6. The molecule has 1 aliphatic heterocycles. The summed E-state index contributed by atoms with van der Waals surface area (Å²) in [4.78, 5) is 52.0. The summed E-state index contributed by atoms with van der Waals surface area (Å²) in [6, 6.07) is 20.5. The van der Waals surface area contributed by atoms with E-state index >= 15 is 0 Å². The molecule has 36 heavy (non-hydrogen) atoms. The molecule has 1 N–H and O–H groups in total. The number of anilines is 1. The summed E-state index contributed by atoms with van der Waals surface area (Å²) in [5, 5.41) is 2.75. The number of esters is 1. The van der Waals surface area contributed by atoms with E-state index in [4.69, 9.17) is 9.47 Å². The second-order valence-electron chi connectivity index (χ2n) is 8.21. The van der Waals surface area contributed by atoms with Crippen LogP contribution in [0.1, 0.15) is 50.5 Å². The molecule has 4 rings (SSSR count). The normalized spacial score (nSPS) is 13.2. The fraction of sp³-hybridized carbons (Fsp3) is 0.214. The number of ether oxygens (including phenoxy) is 2. The Morgan fingerprint density at radius 2 is 1.61 bits per heavy atom. The fourth-order valence-electron chi connectivity index (χ4n) is 3.86. The summed E-state index contributed by atoms with van der Waals surface area (Å²) >= 11 is 0. The van der Waals surface area contributed by atoms with Gasteiger partial charge in [-0.2, -0.15) is 0 Å². The number of nitrogens with one attached hydrogen (secondary N) is 1. The van der Waals surface area contributed by atoms with Crippen molar-refractivity contribution >= 4 is 29.4 Å². The van der Waals surface area contributed by atoms with Crippen LogP contribution in [0.2, 0.25) is 0 Å². The molecule has 3 amide bonds. The van der Waals surface area contributed by atoms with E-state index in [0.717, 1.165) is 10.5 Å². The average molecular weight is 487 g/mol. The van der Waals surface area contributed by atoms with Crippen molar-refractivity contribution in [3.8, 4) is 5.75 Å². The summed E-state index contributed by atoms with van der Waals surface area (Å²) in [5.74, 6) is -1.58. The lowest BCUT2D eigenvalue weighted by Crippen LogP contribution is -2.36. The Balaban J connectivity index is 1.39. The van der Waals surface area contributed by atoms with E-state index in [-0.39, 0.29) is 16.7 Å². The van der Waals surface area contributed by atoms with Crippen LogP contribution in [-0.2, 0) is 16.0 Å². The molecule has 0 saturated carbocycles. The molecule has 3 aromatic carbocycles. The lowest BCUT2D eigenvalue weighted by atomic mass is 10.1. The van der Waals surface area contributed by atoms with Crippen molar-refractivity contribution in [2.24, 2.45) is 0 Å². The van der Waals surface area contributed by atoms with Crippen LogP contribution < -0.4 is 15.0 Å². The van der Waals surface area contributed by atoms with Crippen LogP contribution in [0.4, 0.5) is 5.69 Å². The third kappa shape index (κ3) is 5.27. The average Bonchev–Trinajstić information content (AvgIpc) is 3.14. The SMILES string of the molecule is CCOc1ccc(N2C(=O)c3ccc(C(=O)OC(C)C(=O)NCCc4ccccc4)cc3C2=O)cc1. The minimum atomic E-state index is -1.03. The Kier molecular flexibility index (Phi) is 7.44. The lowest BCUT2D eigenvalue weighted by Gasteiger charge is -2.14. The smallest absolute Gasteiger partial charge is 0.338 e. The van der Waals surface area contributed by atoms with Crippen molar-refractivity contribution in [3.05, 3.63) is 95.1 Å². The molecule has 1 atom stereocenters. The van der Waals surface area contributed by atoms with Crippen LogP contribution in [-0.4, -0.2) is 42.9 Å². The zero-order chi connectivity index (χ0) is 25.7. The Labute approximate surface area is 208 Å². The number of carbonyl (C=O) groups is 4. The van der Waals surface area contributed by atoms with Crippen molar-refractivity contribution < 1.29 is 28.7 Å². The van der Waals surface area contributed by atoms with Gasteiger partial charge in [0.25, 0.3) is 17.7 Å². The summed E-state index contributed by atoms with van der Waals surface area (Å²) in [6.45, 7) is 4.24.